The standard InChI is InChI=1S/C32H26I2N2S6/c1-3-5-11-37-29-30(38-12-6-4-2)42-32(41-29)31-39-25-15-23-24(16-26(25)40-31)36-28-22-14-18(34)8-10-20(22)19-9-7-17(33)13-21(19)27(28)35-23/h7-10,13-16H,3-6,11-12H2,1-2H3. The maximum atomic E-state index is 5.30. The number of unbranched alkanes of at least 4 members (excludes halogenated alkanes) is 2. The van der Waals surface area contributed by atoms with Crippen LogP contribution in [0.5, 0.6) is 0 Å². The Labute approximate surface area is 299 Å². The topological polar surface area (TPSA) is 25.8 Å². The van der Waals surface area contributed by atoms with E-state index in [-0.39, 0.29) is 0 Å². The molecule has 3 heterocycles. The van der Waals surface area contributed by atoms with Crippen molar-refractivity contribution in [3.05, 3.63) is 72.6 Å². The van der Waals surface area contributed by atoms with E-state index in [1.807, 2.05) is 47.0 Å². The Hall–Kier alpha value is 0.0400. The first-order valence-corrected chi connectivity index (χ1v) is 21.3. The zero-order chi connectivity index (χ0) is 28.8. The average Bonchev–Trinajstić information content (AvgIpc) is 3.59. The maximum absolute atomic E-state index is 5.30. The third-order valence-corrected chi connectivity index (χ3v) is 17.1. The zero-order valence-electron chi connectivity index (χ0n) is 23.0. The molecule has 0 bridgehead atoms. The van der Waals surface area contributed by atoms with Crippen LogP contribution in [0.15, 0.2) is 75.3 Å². The number of benzene rings is 4. The first-order valence-electron chi connectivity index (χ1n) is 13.9. The van der Waals surface area contributed by atoms with Gasteiger partial charge in [-0.15, -0.1) is 23.5 Å². The molecule has 0 radical (unpaired) electrons. The van der Waals surface area contributed by atoms with Gasteiger partial charge in [-0.25, -0.2) is 9.97 Å². The van der Waals surface area contributed by atoms with Crippen molar-refractivity contribution < 1.29 is 0 Å². The van der Waals surface area contributed by atoms with Crippen molar-refractivity contribution >= 4 is 159 Å². The highest BCUT2D eigenvalue weighted by molar-refractivity contribution is 14.1. The molecule has 5 aromatic rings. The van der Waals surface area contributed by atoms with Gasteiger partial charge in [0.1, 0.15) is 0 Å². The summed E-state index contributed by atoms with van der Waals surface area (Å²) in [6.45, 7) is 4.56. The van der Waals surface area contributed by atoms with Crippen molar-refractivity contribution in [1.82, 2.24) is 9.97 Å². The summed E-state index contributed by atoms with van der Waals surface area (Å²) in [6.07, 6.45) is 5.05. The molecule has 10 heteroatoms. The number of hydrogen-bond acceptors (Lipinski definition) is 8. The van der Waals surface area contributed by atoms with Crippen molar-refractivity contribution in [2.24, 2.45) is 0 Å². The fourth-order valence-corrected chi connectivity index (χ4v) is 14.9. The maximum Gasteiger partial charge on any atom is 0.0979 e. The van der Waals surface area contributed by atoms with E-state index in [4.69, 9.17) is 9.97 Å². The van der Waals surface area contributed by atoms with Crippen LogP contribution in [0.25, 0.3) is 43.6 Å². The number of nitrogens with zero attached hydrogens (tertiary/aromatic N) is 2. The molecule has 7 rings (SSSR count). The van der Waals surface area contributed by atoms with Gasteiger partial charge in [-0.05, 0) is 117 Å². The Morgan fingerprint density at radius 1 is 0.595 bits per heavy atom. The number of thioether (sulfide) groups is 6. The second-order valence-corrected chi connectivity index (χ2v) is 19.9. The van der Waals surface area contributed by atoms with E-state index < -0.39 is 0 Å². The molecule has 2 aliphatic rings. The lowest BCUT2D eigenvalue weighted by molar-refractivity contribution is 0.897. The van der Waals surface area contributed by atoms with Gasteiger partial charge in [0.2, 0.25) is 0 Å². The summed E-state index contributed by atoms with van der Waals surface area (Å²) in [7, 11) is 0. The van der Waals surface area contributed by atoms with Gasteiger partial charge in [-0.3, -0.25) is 0 Å². The lowest BCUT2D eigenvalue weighted by atomic mass is 9.99. The van der Waals surface area contributed by atoms with Gasteiger partial charge in [0.15, 0.2) is 0 Å². The smallest absolute Gasteiger partial charge is 0.0979 e. The van der Waals surface area contributed by atoms with Crippen molar-refractivity contribution in [3.63, 3.8) is 0 Å². The lowest BCUT2D eigenvalue weighted by Gasteiger charge is -2.11. The Morgan fingerprint density at radius 2 is 1.05 bits per heavy atom. The lowest BCUT2D eigenvalue weighted by Crippen LogP contribution is -1.93. The molecule has 0 amide bonds. The molecule has 0 spiro atoms. The van der Waals surface area contributed by atoms with Gasteiger partial charge in [0.25, 0.3) is 0 Å². The van der Waals surface area contributed by atoms with Gasteiger partial charge in [-0.1, -0.05) is 85.9 Å². The summed E-state index contributed by atoms with van der Waals surface area (Å²) in [5, 5.41) is 4.83. The molecule has 0 N–H and O–H groups in total. The number of halogens is 2. The third kappa shape index (κ3) is 6.10. The highest BCUT2D eigenvalue weighted by Gasteiger charge is 2.29. The fraction of sp³-hybridized carbons (Fsp3) is 0.250. The molecule has 0 saturated carbocycles. The van der Waals surface area contributed by atoms with E-state index >= 15 is 0 Å². The average molecular weight is 885 g/mol. The van der Waals surface area contributed by atoms with Crippen LogP contribution in [0.4, 0.5) is 0 Å². The molecular weight excluding hydrogens is 859 g/mol. The molecule has 0 unspecified atom stereocenters. The highest BCUT2D eigenvalue weighted by atomic mass is 127. The van der Waals surface area contributed by atoms with Crippen molar-refractivity contribution in [3.8, 4) is 0 Å². The van der Waals surface area contributed by atoms with Crippen LogP contribution in [0.2, 0.25) is 0 Å². The van der Waals surface area contributed by atoms with E-state index in [1.165, 1.54) is 92.6 Å². The summed E-state index contributed by atoms with van der Waals surface area (Å²) in [4.78, 5) is 13.2. The highest BCUT2D eigenvalue weighted by Crippen LogP contribution is 2.64. The van der Waals surface area contributed by atoms with Crippen LogP contribution in [0.3, 0.4) is 0 Å². The monoisotopic (exact) mass is 884 g/mol. The molecule has 0 saturated heterocycles. The number of hydrogen-bond donors (Lipinski definition) is 0. The summed E-state index contributed by atoms with van der Waals surface area (Å²) in [6, 6.07) is 17.9. The van der Waals surface area contributed by atoms with E-state index in [1.54, 1.807) is 0 Å². The minimum Gasteiger partial charge on any atom is -0.244 e. The third-order valence-electron chi connectivity index (χ3n) is 7.06. The Bertz CT molecular complexity index is 1820. The van der Waals surface area contributed by atoms with Crippen molar-refractivity contribution in [2.45, 2.75) is 49.3 Å². The van der Waals surface area contributed by atoms with Crippen molar-refractivity contribution in [1.29, 1.82) is 0 Å². The van der Waals surface area contributed by atoms with Crippen LogP contribution < -0.4 is 0 Å². The van der Waals surface area contributed by atoms with Crippen LogP contribution in [0.1, 0.15) is 39.5 Å². The molecule has 4 aromatic carbocycles. The van der Waals surface area contributed by atoms with Crippen LogP contribution in [-0.4, -0.2) is 21.5 Å². The Kier molecular flexibility index (Phi) is 9.80. The van der Waals surface area contributed by atoms with Crippen LogP contribution in [0, 0.1) is 7.14 Å². The first-order chi connectivity index (χ1) is 20.5. The molecule has 42 heavy (non-hydrogen) atoms. The minimum absolute atomic E-state index is 0.974. The van der Waals surface area contributed by atoms with Gasteiger partial charge in [-0.2, -0.15) is 0 Å². The quantitative estimate of drug-likeness (QED) is 0.0658. The van der Waals surface area contributed by atoms with Crippen molar-refractivity contribution in [2.75, 3.05) is 11.5 Å². The predicted molar refractivity (Wildman–Crippen MR) is 213 cm³/mol. The van der Waals surface area contributed by atoms with Gasteiger partial charge >= 0.3 is 0 Å². The zero-order valence-corrected chi connectivity index (χ0v) is 32.2. The fourth-order valence-electron chi connectivity index (χ4n) is 4.95. The van der Waals surface area contributed by atoms with Crippen LogP contribution in [-0.2, 0) is 0 Å². The summed E-state index contributed by atoms with van der Waals surface area (Å²) in [5.74, 6) is 2.41. The van der Waals surface area contributed by atoms with E-state index in [0.717, 1.165) is 22.1 Å². The van der Waals surface area contributed by atoms with E-state index in [9.17, 15) is 0 Å². The van der Waals surface area contributed by atoms with Crippen LogP contribution >= 0.6 is 116 Å². The minimum atomic E-state index is 0.974. The number of rotatable bonds is 8. The summed E-state index contributed by atoms with van der Waals surface area (Å²) in [5.41, 5.74) is 3.94. The molecule has 0 atom stereocenters. The predicted octanol–water partition coefficient (Wildman–Crippen LogP) is 13.3. The Balaban J connectivity index is 1.28. The van der Waals surface area contributed by atoms with Gasteiger partial charge in [0.05, 0.1) is 39.0 Å². The number of fused-ring (bicyclic) bond motifs is 8. The normalized spacial score (nSPS) is 15.3. The molecule has 2 nitrogen and oxygen atoms in total. The van der Waals surface area contributed by atoms with Gasteiger partial charge < -0.3 is 0 Å². The molecule has 0 aliphatic carbocycles. The molecule has 0 fully saturated rings. The molecule has 1 aromatic heterocycles. The molecule has 2 aliphatic heterocycles. The first kappa shape index (κ1) is 30.7. The number of aromatic nitrogens is 2. The summed E-state index contributed by atoms with van der Waals surface area (Å²) >= 11 is 16.7. The van der Waals surface area contributed by atoms with E-state index in [2.05, 4.69) is 131 Å². The second kappa shape index (κ2) is 13.4. The van der Waals surface area contributed by atoms with E-state index in [0.29, 0.717) is 0 Å². The summed E-state index contributed by atoms with van der Waals surface area (Å²) < 4.78 is 8.29. The molecule has 214 valence electrons. The Morgan fingerprint density at radius 3 is 1.50 bits per heavy atom. The largest absolute Gasteiger partial charge is 0.244 e. The molecular formula is C32H26I2N2S6. The second-order valence-electron chi connectivity index (χ2n) is 10.1. The SMILES string of the molecule is CCCCSC1=C(SCCCC)SC(=C2Sc3cc4nc5c6cc(I)ccc6c6ccc(I)cc6c5nc4cc3S2)S1. The van der Waals surface area contributed by atoms with Gasteiger partial charge in [0, 0.05) is 27.7 Å².